The van der Waals surface area contributed by atoms with Crippen LogP contribution in [0.3, 0.4) is 0 Å². The van der Waals surface area contributed by atoms with Crippen molar-refractivity contribution in [3.05, 3.63) is 35.6 Å². The summed E-state index contributed by atoms with van der Waals surface area (Å²) in [6, 6.07) is 6.86. The summed E-state index contributed by atoms with van der Waals surface area (Å²) >= 11 is 0. The minimum atomic E-state index is -0.186. The predicted octanol–water partition coefficient (Wildman–Crippen LogP) is 2.61. The lowest BCUT2D eigenvalue weighted by atomic mass is 9.96. The van der Waals surface area contributed by atoms with Crippen molar-refractivity contribution in [3.8, 4) is 0 Å². The third-order valence-electron chi connectivity index (χ3n) is 5.05. The number of ether oxygens (including phenoxy) is 2. The lowest BCUT2D eigenvalue weighted by Gasteiger charge is -2.16. The summed E-state index contributed by atoms with van der Waals surface area (Å²) in [5.74, 6) is 0.652. The van der Waals surface area contributed by atoms with Crippen LogP contribution < -0.4 is 10.6 Å². The van der Waals surface area contributed by atoms with Crippen LogP contribution in [0.25, 0.3) is 0 Å². The summed E-state index contributed by atoms with van der Waals surface area (Å²) in [7, 11) is 0. The van der Waals surface area contributed by atoms with E-state index < -0.39 is 0 Å². The molecule has 1 saturated carbocycles. The fourth-order valence-corrected chi connectivity index (χ4v) is 3.24. The molecule has 1 heterocycles. The van der Waals surface area contributed by atoms with Crippen LogP contribution in [0.5, 0.6) is 0 Å². The zero-order chi connectivity index (χ0) is 18.2. The molecule has 2 aliphatic rings. The molecule has 2 fully saturated rings. The molecule has 2 N–H and O–H groups in total. The molecule has 6 heteroatoms. The van der Waals surface area contributed by atoms with Gasteiger partial charge in [0.15, 0.2) is 5.96 Å². The van der Waals surface area contributed by atoms with Crippen molar-refractivity contribution in [2.24, 2.45) is 4.99 Å². The molecular weight excluding hydrogens is 333 g/mol. The van der Waals surface area contributed by atoms with Crippen molar-refractivity contribution in [2.75, 3.05) is 39.5 Å². The number of hydrogen-bond acceptors (Lipinski definition) is 3. The van der Waals surface area contributed by atoms with Crippen LogP contribution in [0.4, 0.5) is 4.39 Å². The highest BCUT2D eigenvalue weighted by Crippen LogP contribution is 2.48. The highest BCUT2D eigenvalue weighted by Gasteiger charge is 2.44. The van der Waals surface area contributed by atoms with E-state index >= 15 is 0 Å². The average Bonchev–Trinajstić information content (AvgIpc) is 3.26. The van der Waals surface area contributed by atoms with E-state index in [1.54, 1.807) is 0 Å². The van der Waals surface area contributed by atoms with Crippen molar-refractivity contribution in [1.29, 1.82) is 0 Å². The Bertz CT molecular complexity index is 581. The highest BCUT2D eigenvalue weighted by molar-refractivity contribution is 5.79. The quantitative estimate of drug-likeness (QED) is 0.402. The van der Waals surface area contributed by atoms with Crippen LogP contribution in [-0.4, -0.2) is 51.5 Å². The molecular formula is C20H30FN3O2. The summed E-state index contributed by atoms with van der Waals surface area (Å²) < 4.78 is 24.2. The first-order valence-electron chi connectivity index (χ1n) is 9.69. The number of nitrogens with one attached hydrogen (secondary N) is 2. The number of hydrogen-bond donors (Lipinski definition) is 2. The summed E-state index contributed by atoms with van der Waals surface area (Å²) in [6.45, 7) is 6.71. The first kappa shape index (κ1) is 19.1. The molecule has 0 amide bonds. The summed E-state index contributed by atoms with van der Waals surface area (Å²) in [5.41, 5.74) is 1.27. The third-order valence-corrected chi connectivity index (χ3v) is 5.05. The van der Waals surface area contributed by atoms with Crippen molar-refractivity contribution < 1.29 is 13.9 Å². The normalized spacial score (nSPS) is 21.6. The molecule has 1 aromatic carbocycles. The minimum absolute atomic E-state index is 0.0850. The van der Waals surface area contributed by atoms with E-state index in [1.165, 1.54) is 17.7 Å². The fourth-order valence-electron chi connectivity index (χ4n) is 3.24. The minimum Gasteiger partial charge on any atom is -0.379 e. The number of guanidine groups is 1. The topological polar surface area (TPSA) is 54.9 Å². The van der Waals surface area contributed by atoms with Gasteiger partial charge in [-0.25, -0.2) is 4.39 Å². The molecule has 0 spiro atoms. The number of nitrogens with zero attached hydrogens (tertiary/aromatic N) is 1. The summed E-state index contributed by atoms with van der Waals surface area (Å²) in [5, 5.41) is 6.67. The van der Waals surface area contributed by atoms with Gasteiger partial charge in [0, 0.05) is 31.7 Å². The maximum absolute atomic E-state index is 13.1. The molecule has 1 aliphatic carbocycles. The molecule has 5 nitrogen and oxygen atoms in total. The molecule has 0 bridgehead atoms. The fraction of sp³-hybridized carbons (Fsp3) is 0.650. The second-order valence-electron chi connectivity index (χ2n) is 7.12. The molecule has 1 aromatic rings. The van der Waals surface area contributed by atoms with Gasteiger partial charge in [-0.3, -0.25) is 4.99 Å². The van der Waals surface area contributed by atoms with E-state index in [1.807, 2.05) is 12.1 Å². The SMILES string of the molecule is CCNC(=NCC1(c2ccc(F)cc2)CC1)NCCCOC1CCOC1. The Hall–Kier alpha value is -1.66. The van der Waals surface area contributed by atoms with E-state index in [0.29, 0.717) is 0 Å². The first-order chi connectivity index (χ1) is 12.7. The standard InChI is InChI=1S/C20H30FN3O2/c1-2-22-19(23-11-3-12-26-18-8-13-25-14-18)24-15-20(9-10-20)16-4-6-17(21)7-5-16/h4-7,18H,2-3,8-15H2,1H3,(H2,22,23,24). The van der Waals surface area contributed by atoms with E-state index in [-0.39, 0.29) is 17.3 Å². The van der Waals surface area contributed by atoms with Gasteiger partial charge in [-0.15, -0.1) is 0 Å². The average molecular weight is 363 g/mol. The summed E-state index contributed by atoms with van der Waals surface area (Å²) in [6.07, 6.45) is 4.42. The van der Waals surface area contributed by atoms with Crippen LogP contribution in [0, 0.1) is 5.82 Å². The van der Waals surface area contributed by atoms with Crippen molar-refractivity contribution in [3.63, 3.8) is 0 Å². The number of aliphatic imine (C=N–C) groups is 1. The van der Waals surface area contributed by atoms with Crippen LogP contribution in [0.2, 0.25) is 0 Å². The van der Waals surface area contributed by atoms with Crippen LogP contribution in [-0.2, 0) is 14.9 Å². The molecule has 26 heavy (non-hydrogen) atoms. The predicted molar refractivity (Wildman–Crippen MR) is 101 cm³/mol. The Balaban J connectivity index is 1.43. The molecule has 3 rings (SSSR count). The monoisotopic (exact) mass is 363 g/mol. The Labute approximate surface area is 155 Å². The molecule has 144 valence electrons. The zero-order valence-corrected chi connectivity index (χ0v) is 15.6. The van der Waals surface area contributed by atoms with Crippen molar-refractivity contribution in [1.82, 2.24) is 10.6 Å². The third kappa shape index (κ3) is 5.42. The van der Waals surface area contributed by atoms with Gasteiger partial charge in [0.2, 0.25) is 0 Å². The first-order valence-corrected chi connectivity index (χ1v) is 9.69. The second-order valence-corrected chi connectivity index (χ2v) is 7.12. The van der Waals surface area contributed by atoms with Crippen LogP contribution in [0.1, 0.15) is 38.2 Å². The molecule has 1 aliphatic heterocycles. The lowest BCUT2D eigenvalue weighted by Crippen LogP contribution is -2.38. The highest BCUT2D eigenvalue weighted by atomic mass is 19.1. The van der Waals surface area contributed by atoms with Gasteiger partial charge in [-0.2, -0.15) is 0 Å². The molecule has 0 radical (unpaired) electrons. The van der Waals surface area contributed by atoms with E-state index in [2.05, 4.69) is 17.6 Å². The van der Waals surface area contributed by atoms with E-state index in [0.717, 1.165) is 71.1 Å². The number of benzene rings is 1. The molecule has 1 atom stereocenters. The zero-order valence-electron chi connectivity index (χ0n) is 15.6. The number of halogens is 1. The smallest absolute Gasteiger partial charge is 0.191 e. The second kappa shape index (κ2) is 9.33. The largest absolute Gasteiger partial charge is 0.379 e. The Kier molecular flexibility index (Phi) is 6.86. The van der Waals surface area contributed by atoms with Crippen LogP contribution >= 0.6 is 0 Å². The van der Waals surface area contributed by atoms with Crippen LogP contribution in [0.15, 0.2) is 29.3 Å². The van der Waals surface area contributed by atoms with Gasteiger partial charge >= 0.3 is 0 Å². The maximum atomic E-state index is 13.1. The summed E-state index contributed by atoms with van der Waals surface area (Å²) in [4.78, 5) is 4.76. The van der Waals surface area contributed by atoms with Crippen molar-refractivity contribution in [2.45, 2.75) is 44.1 Å². The van der Waals surface area contributed by atoms with Gasteiger partial charge in [-0.1, -0.05) is 12.1 Å². The number of rotatable bonds is 9. The molecule has 1 saturated heterocycles. The van der Waals surface area contributed by atoms with Gasteiger partial charge < -0.3 is 20.1 Å². The Morgan fingerprint density at radius 1 is 1.31 bits per heavy atom. The Morgan fingerprint density at radius 3 is 2.77 bits per heavy atom. The molecule has 1 unspecified atom stereocenters. The van der Waals surface area contributed by atoms with Gasteiger partial charge in [0.1, 0.15) is 5.82 Å². The molecule has 0 aromatic heterocycles. The van der Waals surface area contributed by atoms with Gasteiger partial charge in [0.25, 0.3) is 0 Å². The van der Waals surface area contributed by atoms with Gasteiger partial charge in [-0.05, 0) is 50.3 Å². The van der Waals surface area contributed by atoms with Crippen molar-refractivity contribution >= 4 is 5.96 Å². The van der Waals surface area contributed by atoms with E-state index in [4.69, 9.17) is 14.5 Å². The van der Waals surface area contributed by atoms with E-state index in [9.17, 15) is 4.39 Å². The lowest BCUT2D eigenvalue weighted by molar-refractivity contribution is 0.0420. The maximum Gasteiger partial charge on any atom is 0.191 e. The Morgan fingerprint density at radius 2 is 2.12 bits per heavy atom. The van der Waals surface area contributed by atoms with Gasteiger partial charge in [0.05, 0.1) is 19.3 Å².